The molecule has 1 aromatic carbocycles. The Labute approximate surface area is 102 Å². The van der Waals surface area contributed by atoms with Crippen molar-refractivity contribution >= 4 is 11.6 Å². The number of hydrogen-bond acceptors (Lipinski definition) is 3. The number of carbonyl (C=O) groups is 1. The number of benzene rings is 1. The maximum absolute atomic E-state index is 11.7. The van der Waals surface area contributed by atoms with Gasteiger partial charge in [0.15, 0.2) is 0 Å². The van der Waals surface area contributed by atoms with Crippen molar-refractivity contribution in [2.45, 2.75) is 6.42 Å². The second-order valence-electron chi connectivity index (χ2n) is 3.70. The molecule has 6 heteroatoms. The summed E-state index contributed by atoms with van der Waals surface area (Å²) >= 11 is 0. The van der Waals surface area contributed by atoms with E-state index >= 15 is 0 Å². The Hall–Kier alpha value is -2.63. The van der Waals surface area contributed by atoms with Crippen molar-refractivity contribution in [3.05, 3.63) is 62.9 Å². The van der Waals surface area contributed by atoms with Crippen molar-refractivity contribution in [2.75, 3.05) is 5.32 Å². The van der Waals surface area contributed by atoms with Gasteiger partial charge < -0.3 is 10.3 Å². The van der Waals surface area contributed by atoms with Crippen LogP contribution in [0.4, 0.5) is 5.69 Å². The Balaban J connectivity index is 2.08. The molecule has 0 bridgehead atoms. The standard InChI is InChI=1S/C12H11N3O3/c16-10(13-8-4-2-1-3-5-8)6-9-7-11(17)15-12(18)14-9/h1-5,7H,6H2,(H,13,16)(H2,14,15,17,18). The van der Waals surface area contributed by atoms with E-state index < -0.39 is 11.2 Å². The number of carbonyl (C=O) groups excluding carboxylic acids is 1. The van der Waals surface area contributed by atoms with Crippen LogP contribution in [0.15, 0.2) is 46.0 Å². The zero-order valence-corrected chi connectivity index (χ0v) is 9.40. The van der Waals surface area contributed by atoms with E-state index in [0.717, 1.165) is 0 Å². The van der Waals surface area contributed by atoms with Gasteiger partial charge in [0, 0.05) is 17.4 Å². The van der Waals surface area contributed by atoms with E-state index in [1.807, 2.05) is 11.1 Å². The van der Waals surface area contributed by atoms with Crippen LogP contribution in [-0.4, -0.2) is 15.9 Å². The molecular weight excluding hydrogens is 234 g/mol. The van der Waals surface area contributed by atoms with Gasteiger partial charge in [-0.2, -0.15) is 0 Å². The molecule has 0 aliphatic heterocycles. The number of hydrogen-bond donors (Lipinski definition) is 3. The first-order valence-corrected chi connectivity index (χ1v) is 5.31. The average Bonchev–Trinajstić information content (AvgIpc) is 2.28. The molecule has 3 N–H and O–H groups in total. The van der Waals surface area contributed by atoms with Gasteiger partial charge in [-0.25, -0.2) is 4.79 Å². The average molecular weight is 245 g/mol. The number of aromatic amines is 2. The number of H-pyrrole nitrogens is 2. The minimum absolute atomic E-state index is 0.0615. The summed E-state index contributed by atoms with van der Waals surface area (Å²) in [6, 6.07) is 10.1. The van der Waals surface area contributed by atoms with Gasteiger partial charge in [0.2, 0.25) is 5.91 Å². The Bertz CT molecular complexity index is 630. The molecule has 0 aliphatic carbocycles. The molecule has 1 amide bonds. The smallest absolute Gasteiger partial charge is 0.325 e. The second kappa shape index (κ2) is 5.13. The van der Waals surface area contributed by atoms with Crippen molar-refractivity contribution in [1.29, 1.82) is 0 Å². The molecule has 0 unspecified atom stereocenters. The van der Waals surface area contributed by atoms with E-state index in [1.165, 1.54) is 6.07 Å². The molecule has 92 valence electrons. The van der Waals surface area contributed by atoms with Crippen LogP contribution in [0.1, 0.15) is 5.69 Å². The second-order valence-corrected chi connectivity index (χ2v) is 3.70. The third-order valence-corrected chi connectivity index (χ3v) is 2.22. The predicted molar refractivity (Wildman–Crippen MR) is 66.5 cm³/mol. The molecule has 0 aliphatic rings. The number of rotatable bonds is 3. The molecule has 0 atom stereocenters. The van der Waals surface area contributed by atoms with Gasteiger partial charge in [-0.1, -0.05) is 18.2 Å². The lowest BCUT2D eigenvalue weighted by atomic mass is 10.2. The van der Waals surface area contributed by atoms with Gasteiger partial charge in [0.05, 0.1) is 6.42 Å². The summed E-state index contributed by atoms with van der Waals surface area (Å²) in [5, 5.41) is 2.66. The molecule has 0 fully saturated rings. The van der Waals surface area contributed by atoms with E-state index in [-0.39, 0.29) is 18.0 Å². The number of aromatic nitrogens is 2. The maximum Gasteiger partial charge on any atom is 0.325 e. The Morgan fingerprint density at radius 3 is 2.50 bits per heavy atom. The van der Waals surface area contributed by atoms with Crippen LogP contribution >= 0.6 is 0 Å². The van der Waals surface area contributed by atoms with Crippen molar-refractivity contribution in [3.8, 4) is 0 Å². The van der Waals surface area contributed by atoms with Crippen molar-refractivity contribution in [3.63, 3.8) is 0 Å². The van der Waals surface area contributed by atoms with Crippen LogP contribution in [-0.2, 0) is 11.2 Å². The summed E-state index contributed by atoms with van der Waals surface area (Å²) in [6.07, 6.45) is -0.0615. The van der Waals surface area contributed by atoms with Gasteiger partial charge in [-0.05, 0) is 12.1 Å². The summed E-state index contributed by atoms with van der Waals surface area (Å²) in [6.45, 7) is 0. The summed E-state index contributed by atoms with van der Waals surface area (Å²) in [5.41, 5.74) is -0.210. The monoisotopic (exact) mass is 245 g/mol. The molecule has 0 spiro atoms. The first-order valence-electron chi connectivity index (χ1n) is 5.31. The SMILES string of the molecule is O=C(Cc1cc(=O)[nH]c(=O)[nH]1)Nc1ccccc1. The zero-order chi connectivity index (χ0) is 13.0. The van der Waals surface area contributed by atoms with E-state index in [1.54, 1.807) is 24.3 Å². The van der Waals surface area contributed by atoms with E-state index in [0.29, 0.717) is 5.69 Å². The fraction of sp³-hybridized carbons (Fsp3) is 0.0833. The molecule has 6 nitrogen and oxygen atoms in total. The lowest BCUT2D eigenvalue weighted by Gasteiger charge is -2.04. The van der Waals surface area contributed by atoms with Crippen LogP contribution in [0, 0.1) is 0 Å². The number of anilines is 1. The highest BCUT2D eigenvalue weighted by atomic mass is 16.2. The minimum Gasteiger partial charge on any atom is -0.326 e. The van der Waals surface area contributed by atoms with Gasteiger partial charge in [-0.15, -0.1) is 0 Å². The van der Waals surface area contributed by atoms with E-state index in [2.05, 4.69) is 10.3 Å². The van der Waals surface area contributed by atoms with Crippen molar-refractivity contribution < 1.29 is 4.79 Å². The number of amides is 1. The molecule has 2 aromatic rings. The van der Waals surface area contributed by atoms with Crippen molar-refractivity contribution in [2.24, 2.45) is 0 Å². The first-order chi connectivity index (χ1) is 8.63. The van der Waals surface area contributed by atoms with E-state index in [4.69, 9.17) is 0 Å². The Kier molecular flexibility index (Phi) is 3.38. The highest BCUT2D eigenvalue weighted by Gasteiger charge is 2.05. The zero-order valence-electron chi connectivity index (χ0n) is 9.40. The molecule has 1 aromatic heterocycles. The van der Waals surface area contributed by atoms with Gasteiger partial charge in [0.25, 0.3) is 5.56 Å². The lowest BCUT2D eigenvalue weighted by Crippen LogP contribution is -2.25. The van der Waals surface area contributed by atoms with Crippen LogP contribution in [0.2, 0.25) is 0 Å². The van der Waals surface area contributed by atoms with Crippen LogP contribution in [0.3, 0.4) is 0 Å². The summed E-state index contributed by atoms with van der Waals surface area (Å²) in [7, 11) is 0. The minimum atomic E-state index is -0.620. The largest absolute Gasteiger partial charge is 0.326 e. The fourth-order valence-electron chi connectivity index (χ4n) is 1.51. The molecule has 1 heterocycles. The lowest BCUT2D eigenvalue weighted by molar-refractivity contribution is -0.115. The predicted octanol–water partition coefficient (Wildman–Crippen LogP) is 0.244. The number of para-hydroxylation sites is 1. The number of nitrogens with one attached hydrogen (secondary N) is 3. The summed E-state index contributed by atoms with van der Waals surface area (Å²) in [4.78, 5) is 38.1. The molecular formula is C12H11N3O3. The normalized spacial score (nSPS) is 10.0. The first kappa shape index (κ1) is 11.8. The topological polar surface area (TPSA) is 94.8 Å². The molecule has 0 saturated carbocycles. The fourth-order valence-corrected chi connectivity index (χ4v) is 1.51. The third-order valence-electron chi connectivity index (χ3n) is 2.22. The van der Waals surface area contributed by atoms with Crippen LogP contribution < -0.4 is 16.6 Å². The van der Waals surface area contributed by atoms with Crippen LogP contribution in [0.5, 0.6) is 0 Å². The summed E-state index contributed by atoms with van der Waals surface area (Å²) < 4.78 is 0. The molecule has 18 heavy (non-hydrogen) atoms. The van der Waals surface area contributed by atoms with Crippen LogP contribution in [0.25, 0.3) is 0 Å². The Morgan fingerprint density at radius 1 is 1.11 bits per heavy atom. The maximum atomic E-state index is 11.7. The van der Waals surface area contributed by atoms with Gasteiger partial charge in [0.1, 0.15) is 0 Å². The van der Waals surface area contributed by atoms with E-state index in [9.17, 15) is 14.4 Å². The molecule has 0 saturated heterocycles. The molecule has 2 rings (SSSR count). The highest BCUT2D eigenvalue weighted by molar-refractivity contribution is 5.91. The highest BCUT2D eigenvalue weighted by Crippen LogP contribution is 2.05. The van der Waals surface area contributed by atoms with Crippen molar-refractivity contribution in [1.82, 2.24) is 9.97 Å². The Morgan fingerprint density at radius 2 is 1.83 bits per heavy atom. The van der Waals surface area contributed by atoms with Gasteiger partial charge >= 0.3 is 5.69 Å². The molecule has 0 radical (unpaired) electrons. The third kappa shape index (κ3) is 3.18. The van der Waals surface area contributed by atoms with Gasteiger partial charge in [-0.3, -0.25) is 14.6 Å². The quantitative estimate of drug-likeness (QED) is 0.723. The summed E-state index contributed by atoms with van der Waals surface area (Å²) in [5.74, 6) is -0.303.